The molecule has 1 amide bonds. The summed E-state index contributed by atoms with van der Waals surface area (Å²) in [4.78, 5) is 36.7. The molecule has 9 heteroatoms. The molecule has 28 heavy (non-hydrogen) atoms. The Labute approximate surface area is 170 Å². The Morgan fingerprint density at radius 3 is 2.71 bits per heavy atom. The highest BCUT2D eigenvalue weighted by Crippen LogP contribution is 2.30. The van der Waals surface area contributed by atoms with Gasteiger partial charge in [0.15, 0.2) is 0 Å². The standard InChI is InChI=1S/C19H16Cl2N2O5/c1-11-2-5-15(8-17(11)23(26)27)22-9-13(6-18(22)24)19(25)28-10-12-3-4-14(20)7-16(12)21/h2-5,7-8,13H,6,9-10H2,1H3. The molecule has 0 aromatic heterocycles. The zero-order valence-corrected chi connectivity index (χ0v) is 16.4. The Hall–Kier alpha value is -2.64. The molecule has 0 bridgehead atoms. The summed E-state index contributed by atoms with van der Waals surface area (Å²) in [6.45, 7) is 1.69. The summed E-state index contributed by atoms with van der Waals surface area (Å²) in [6, 6.07) is 9.40. The van der Waals surface area contributed by atoms with Gasteiger partial charge in [0.1, 0.15) is 6.61 Å². The van der Waals surface area contributed by atoms with Crippen LogP contribution in [0.3, 0.4) is 0 Å². The second-order valence-corrected chi connectivity index (χ2v) is 7.32. The van der Waals surface area contributed by atoms with E-state index in [1.807, 2.05) is 0 Å². The summed E-state index contributed by atoms with van der Waals surface area (Å²) in [5.41, 5.74) is 1.41. The maximum Gasteiger partial charge on any atom is 0.311 e. The average molecular weight is 423 g/mol. The van der Waals surface area contributed by atoms with Crippen LogP contribution in [0.25, 0.3) is 0 Å². The number of anilines is 1. The molecular formula is C19H16Cl2N2O5. The molecule has 3 rings (SSSR count). The summed E-state index contributed by atoms with van der Waals surface area (Å²) in [5.74, 6) is -1.47. The van der Waals surface area contributed by atoms with Gasteiger partial charge in [-0.2, -0.15) is 0 Å². The second kappa shape index (κ2) is 8.16. The fourth-order valence-electron chi connectivity index (χ4n) is 2.98. The van der Waals surface area contributed by atoms with Crippen LogP contribution in [0, 0.1) is 23.0 Å². The molecule has 0 aliphatic carbocycles. The van der Waals surface area contributed by atoms with Crippen LogP contribution in [-0.4, -0.2) is 23.3 Å². The topological polar surface area (TPSA) is 89.8 Å². The van der Waals surface area contributed by atoms with Crippen LogP contribution in [0.2, 0.25) is 10.0 Å². The van der Waals surface area contributed by atoms with Crippen molar-refractivity contribution in [3.05, 3.63) is 67.7 Å². The molecular weight excluding hydrogens is 407 g/mol. The van der Waals surface area contributed by atoms with Crippen molar-refractivity contribution in [2.45, 2.75) is 20.0 Å². The van der Waals surface area contributed by atoms with Crippen molar-refractivity contribution in [1.82, 2.24) is 0 Å². The minimum absolute atomic E-state index is 0.0190. The number of aryl methyl sites for hydroxylation is 1. The smallest absolute Gasteiger partial charge is 0.311 e. The number of ether oxygens (including phenoxy) is 1. The highest BCUT2D eigenvalue weighted by molar-refractivity contribution is 6.35. The Morgan fingerprint density at radius 1 is 1.29 bits per heavy atom. The number of amides is 1. The minimum Gasteiger partial charge on any atom is -0.460 e. The van der Waals surface area contributed by atoms with E-state index in [0.717, 1.165) is 0 Å². The van der Waals surface area contributed by atoms with Crippen LogP contribution in [0.5, 0.6) is 0 Å². The van der Waals surface area contributed by atoms with E-state index in [1.165, 1.54) is 11.0 Å². The first-order chi connectivity index (χ1) is 13.3. The Kier molecular flexibility index (Phi) is 5.86. The van der Waals surface area contributed by atoms with Gasteiger partial charge in [-0.05, 0) is 25.1 Å². The van der Waals surface area contributed by atoms with Crippen molar-refractivity contribution in [2.75, 3.05) is 11.4 Å². The predicted octanol–water partition coefficient (Wildman–Crippen LogP) is 4.31. The first kappa shape index (κ1) is 20.1. The third kappa shape index (κ3) is 4.26. The molecule has 0 saturated carbocycles. The molecule has 2 aromatic rings. The molecule has 1 unspecified atom stereocenters. The SMILES string of the molecule is Cc1ccc(N2CC(C(=O)OCc3ccc(Cl)cc3Cl)CC2=O)cc1[N+](=O)[O-]. The number of esters is 1. The van der Waals surface area contributed by atoms with Gasteiger partial charge in [0.25, 0.3) is 5.69 Å². The van der Waals surface area contributed by atoms with Gasteiger partial charge in [0.2, 0.25) is 5.91 Å². The quantitative estimate of drug-likeness (QED) is 0.406. The van der Waals surface area contributed by atoms with Crippen molar-refractivity contribution >= 4 is 46.5 Å². The lowest BCUT2D eigenvalue weighted by Gasteiger charge is -2.17. The van der Waals surface area contributed by atoms with Gasteiger partial charge < -0.3 is 9.64 Å². The van der Waals surface area contributed by atoms with E-state index in [-0.39, 0.29) is 31.2 Å². The number of hydrogen-bond acceptors (Lipinski definition) is 5. The van der Waals surface area contributed by atoms with Crippen LogP contribution in [-0.2, 0) is 20.9 Å². The van der Waals surface area contributed by atoms with Gasteiger partial charge in [0, 0.05) is 40.2 Å². The summed E-state index contributed by atoms with van der Waals surface area (Å²) in [7, 11) is 0. The zero-order chi connectivity index (χ0) is 20.4. The van der Waals surface area contributed by atoms with E-state index in [0.29, 0.717) is 26.9 Å². The number of hydrogen-bond donors (Lipinski definition) is 0. The van der Waals surface area contributed by atoms with Crippen molar-refractivity contribution in [2.24, 2.45) is 5.92 Å². The molecule has 1 atom stereocenters. The highest BCUT2D eigenvalue weighted by atomic mass is 35.5. The zero-order valence-electron chi connectivity index (χ0n) is 14.9. The van der Waals surface area contributed by atoms with Crippen molar-refractivity contribution in [3.8, 4) is 0 Å². The first-order valence-electron chi connectivity index (χ1n) is 8.42. The number of nitrogens with zero attached hydrogens (tertiary/aromatic N) is 2. The van der Waals surface area contributed by atoms with E-state index in [1.54, 1.807) is 37.3 Å². The van der Waals surface area contributed by atoms with Gasteiger partial charge in [-0.1, -0.05) is 35.3 Å². The van der Waals surface area contributed by atoms with Crippen molar-refractivity contribution < 1.29 is 19.2 Å². The molecule has 7 nitrogen and oxygen atoms in total. The highest BCUT2D eigenvalue weighted by Gasteiger charge is 2.36. The van der Waals surface area contributed by atoms with Crippen molar-refractivity contribution in [3.63, 3.8) is 0 Å². The largest absolute Gasteiger partial charge is 0.460 e. The molecule has 2 aromatic carbocycles. The van der Waals surface area contributed by atoms with Crippen LogP contribution in [0.4, 0.5) is 11.4 Å². The molecule has 146 valence electrons. The lowest BCUT2D eigenvalue weighted by atomic mass is 10.1. The molecule has 0 radical (unpaired) electrons. The van der Waals surface area contributed by atoms with Crippen LogP contribution in [0.1, 0.15) is 17.5 Å². The monoisotopic (exact) mass is 422 g/mol. The van der Waals surface area contributed by atoms with Crippen molar-refractivity contribution in [1.29, 1.82) is 0 Å². The molecule has 0 N–H and O–H groups in total. The van der Waals surface area contributed by atoms with E-state index < -0.39 is 16.8 Å². The Bertz CT molecular complexity index is 963. The van der Waals surface area contributed by atoms with Gasteiger partial charge in [-0.25, -0.2) is 0 Å². The molecule has 1 heterocycles. The lowest BCUT2D eigenvalue weighted by molar-refractivity contribution is -0.385. The van der Waals surface area contributed by atoms with E-state index in [4.69, 9.17) is 27.9 Å². The number of nitro benzene ring substituents is 1. The fourth-order valence-corrected chi connectivity index (χ4v) is 3.45. The first-order valence-corrected chi connectivity index (χ1v) is 9.18. The fraction of sp³-hybridized carbons (Fsp3) is 0.263. The van der Waals surface area contributed by atoms with Gasteiger partial charge >= 0.3 is 5.97 Å². The Balaban J connectivity index is 1.67. The van der Waals surface area contributed by atoms with Crippen LogP contribution >= 0.6 is 23.2 Å². The summed E-state index contributed by atoms with van der Waals surface area (Å²) in [6.07, 6.45) is -0.0190. The number of carbonyl (C=O) groups is 2. The number of halogens is 2. The van der Waals surface area contributed by atoms with E-state index >= 15 is 0 Å². The maximum atomic E-state index is 12.4. The number of benzene rings is 2. The molecule has 1 aliphatic rings. The van der Waals surface area contributed by atoms with E-state index in [2.05, 4.69) is 0 Å². The maximum absolute atomic E-state index is 12.4. The Morgan fingerprint density at radius 2 is 2.04 bits per heavy atom. The third-order valence-electron chi connectivity index (χ3n) is 4.54. The predicted molar refractivity (Wildman–Crippen MR) is 105 cm³/mol. The summed E-state index contributed by atoms with van der Waals surface area (Å²) in [5, 5.41) is 12.0. The number of nitro groups is 1. The summed E-state index contributed by atoms with van der Waals surface area (Å²) >= 11 is 11.9. The number of rotatable bonds is 5. The average Bonchev–Trinajstić information content (AvgIpc) is 3.03. The summed E-state index contributed by atoms with van der Waals surface area (Å²) < 4.78 is 5.29. The third-order valence-corrected chi connectivity index (χ3v) is 5.13. The molecule has 1 fully saturated rings. The lowest BCUT2D eigenvalue weighted by Crippen LogP contribution is -2.26. The van der Waals surface area contributed by atoms with E-state index in [9.17, 15) is 19.7 Å². The van der Waals surface area contributed by atoms with Gasteiger partial charge in [-0.3, -0.25) is 19.7 Å². The minimum atomic E-state index is -0.654. The second-order valence-electron chi connectivity index (χ2n) is 6.48. The van der Waals surface area contributed by atoms with Gasteiger partial charge in [-0.15, -0.1) is 0 Å². The number of carbonyl (C=O) groups excluding carboxylic acids is 2. The molecule has 0 spiro atoms. The normalized spacial score (nSPS) is 16.3. The van der Waals surface area contributed by atoms with Gasteiger partial charge in [0.05, 0.1) is 16.5 Å². The molecule has 1 aliphatic heterocycles. The van der Waals surface area contributed by atoms with Crippen LogP contribution in [0.15, 0.2) is 36.4 Å². The van der Waals surface area contributed by atoms with Crippen LogP contribution < -0.4 is 4.90 Å². The molecule has 1 saturated heterocycles.